The maximum absolute atomic E-state index is 12.0. The normalized spacial score (nSPS) is 14.5. The first-order chi connectivity index (χ1) is 10.3. The first-order valence-corrected chi connectivity index (χ1v) is 7.84. The Kier molecular flexibility index (Phi) is 4.25. The molecule has 1 aliphatic rings. The van der Waals surface area contributed by atoms with Gasteiger partial charge in [0.15, 0.2) is 0 Å². The van der Waals surface area contributed by atoms with Crippen LogP contribution in [0, 0.1) is 0 Å². The summed E-state index contributed by atoms with van der Waals surface area (Å²) in [6, 6.07) is 9.01. The van der Waals surface area contributed by atoms with Gasteiger partial charge in [0, 0.05) is 36.2 Å². The molecule has 0 bridgehead atoms. The lowest BCUT2D eigenvalue weighted by Gasteiger charge is -2.06. The number of carbonyl (C=O) groups is 1. The monoisotopic (exact) mass is 285 g/mol. The van der Waals surface area contributed by atoms with Gasteiger partial charge in [0.25, 0.3) is 0 Å². The van der Waals surface area contributed by atoms with Gasteiger partial charge in [-0.2, -0.15) is 0 Å². The summed E-state index contributed by atoms with van der Waals surface area (Å²) in [5.41, 5.74) is 2.41. The number of benzene rings is 1. The molecule has 0 atom stereocenters. The molecule has 0 saturated heterocycles. The molecule has 1 fully saturated rings. The lowest BCUT2D eigenvalue weighted by atomic mass is 10.2. The highest BCUT2D eigenvalue weighted by Gasteiger charge is 2.21. The lowest BCUT2D eigenvalue weighted by Crippen LogP contribution is -2.27. The highest BCUT2D eigenvalue weighted by Crippen LogP contribution is 2.24. The molecule has 112 valence electrons. The summed E-state index contributed by atoms with van der Waals surface area (Å²) in [6.45, 7) is 4.08. The Hall–Kier alpha value is -1.81. The maximum atomic E-state index is 12.0. The molecule has 3 rings (SSSR count). The molecule has 2 aromatic rings. The second kappa shape index (κ2) is 6.31. The van der Waals surface area contributed by atoms with E-state index in [-0.39, 0.29) is 5.91 Å². The van der Waals surface area contributed by atoms with Gasteiger partial charge in [-0.05, 0) is 30.9 Å². The second-order valence-corrected chi connectivity index (χ2v) is 5.80. The van der Waals surface area contributed by atoms with Gasteiger partial charge in [-0.15, -0.1) is 0 Å². The van der Waals surface area contributed by atoms with E-state index in [1.54, 1.807) is 0 Å². The Balaban J connectivity index is 1.78. The van der Waals surface area contributed by atoms with E-state index in [1.165, 1.54) is 23.8 Å². The minimum absolute atomic E-state index is 0.0827. The smallest absolute Gasteiger partial charge is 0.239 e. The molecular formula is C17H23N3O. The summed E-state index contributed by atoms with van der Waals surface area (Å²) in [4.78, 5) is 12.0. The van der Waals surface area contributed by atoms with Crippen molar-refractivity contribution in [3.63, 3.8) is 0 Å². The highest BCUT2D eigenvalue weighted by molar-refractivity contribution is 5.86. The van der Waals surface area contributed by atoms with E-state index >= 15 is 0 Å². The molecule has 0 radical (unpaired) electrons. The zero-order valence-electron chi connectivity index (χ0n) is 12.6. The third kappa shape index (κ3) is 3.45. The lowest BCUT2D eigenvalue weighted by molar-refractivity contribution is -0.121. The van der Waals surface area contributed by atoms with Crippen LogP contribution < -0.4 is 10.6 Å². The molecule has 21 heavy (non-hydrogen) atoms. The summed E-state index contributed by atoms with van der Waals surface area (Å²) in [5.74, 6) is 0.0827. The fourth-order valence-electron chi connectivity index (χ4n) is 2.61. The standard InChI is InChI=1S/C17H23N3O/c1-2-9-18-17(21)12-20-11-13(10-19-14-7-8-14)15-5-3-4-6-16(15)20/h3-6,11,14,19H,2,7-10,12H2,1H3,(H,18,21). The van der Waals surface area contributed by atoms with Crippen LogP contribution in [0.1, 0.15) is 31.7 Å². The van der Waals surface area contributed by atoms with Crippen molar-refractivity contribution in [1.82, 2.24) is 15.2 Å². The van der Waals surface area contributed by atoms with Crippen molar-refractivity contribution in [2.24, 2.45) is 0 Å². The molecule has 1 aromatic carbocycles. The molecule has 0 unspecified atom stereocenters. The Morgan fingerprint density at radius 2 is 2.14 bits per heavy atom. The number of nitrogens with one attached hydrogen (secondary N) is 2. The fourth-order valence-corrected chi connectivity index (χ4v) is 2.61. The van der Waals surface area contributed by atoms with Crippen molar-refractivity contribution >= 4 is 16.8 Å². The summed E-state index contributed by atoms with van der Waals surface area (Å²) in [6.07, 6.45) is 5.66. The van der Waals surface area contributed by atoms with Crippen LogP contribution in [0.2, 0.25) is 0 Å². The van der Waals surface area contributed by atoms with Crippen LogP contribution in [0.15, 0.2) is 30.5 Å². The van der Waals surface area contributed by atoms with Gasteiger partial charge in [0.1, 0.15) is 6.54 Å². The van der Waals surface area contributed by atoms with Crippen molar-refractivity contribution < 1.29 is 4.79 Å². The number of nitrogens with zero attached hydrogens (tertiary/aromatic N) is 1. The number of hydrogen-bond acceptors (Lipinski definition) is 2. The summed E-state index contributed by atoms with van der Waals surface area (Å²) in [5, 5.41) is 7.74. The van der Waals surface area contributed by atoms with Crippen molar-refractivity contribution in [3.05, 3.63) is 36.0 Å². The SMILES string of the molecule is CCCNC(=O)Cn1cc(CNC2CC2)c2ccccc21. The zero-order chi connectivity index (χ0) is 14.7. The Morgan fingerprint density at radius 1 is 1.33 bits per heavy atom. The van der Waals surface area contributed by atoms with Crippen LogP contribution in [0.3, 0.4) is 0 Å². The molecule has 0 aliphatic heterocycles. The van der Waals surface area contributed by atoms with E-state index in [9.17, 15) is 4.79 Å². The van der Waals surface area contributed by atoms with Gasteiger partial charge in [-0.1, -0.05) is 25.1 Å². The van der Waals surface area contributed by atoms with Crippen LogP contribution in [0.25, 0.3) is 10.9 Å². The van der Waals surface area contributed by atoms with E-state index in [0.29, 0.717) is 12.6 Å². The molecule has 1 aromatic heterocycles. The maximum Gasteiger partial charge on any atom is 0.239 e. The quantitative estimate of drug-likeness (QED) is 0.820. The molecule has 1 heterocycles. The molecule has 1 saturated carbocycles. The minimum atomic E-state index is 0.0827. The van der Waals surface area contributed by atoms with Gasteiger partial charge in [0.2, 0.25) is 5.91 Å². The van der Waals surface area contributed by atoms with Crippen molar-refractivity contribution in [3.8, 4) is 0 Å². The van der Waals surface area contributed by atoms with E-state index < -0.39 is 0 Å². The Labute approximate surface area is 125 Å². The van der Waals surface area contributed by atoms with E-state index in [4.69, 9.17) is 0 Å². The molecule has 1 amide bonds. The largest absolute Gasteiger partial charge is 0.355 e. The van der Waals surface area contributed by atoms with Crippen LogP contribution >= 0.6 is 0 Å². The summed E-state index contributed by atoms with van der Waals surface area (Å²) < 4.78 is 2.06. The number of hydrogen-bond donors (Lipinski definition) is 2. The van der Waals surface area contributed by atoms with Gasteiger partial charge >= 0.3 is 0 Å². The molecule has 4 nitrogen and oxygen atoms in total. The van der Waals surface area contributed by atoms with Crippen LogP contribution in [0.5, 0.6) is 0 Å². The zero-order valence-corrected chi connectivity index (χ0v) is 12.6. The number of para-hydroxylation sites is 1. The summed E-state index contributed by atoms with van der Waals surface area (Å²) in [7, 11) is 0. The first-order valence-electron chi connectivity index (χ1n) is 7.84. The highest BCUT2D eigenvalue weighted by atomic mass is 16.1. The third-order valence-electron chi connectivity index (χ3n) is 3.92. The van der Waals surface area contributed by atoms with Gasteiger partial charge in [-0.3, -0.25) is 4.79 Å². The molecule has 1 aliphatic carbocycles. The predicted octanol–water partition coefficient (Wildman–Crippen LogP) is 2.42. The third-order valence-corrected chi connectivity index (χ3v) is 3.92. The number of rotatable bonds is 7. The van der Waals surface area contributed by atoms with Gasteiger partial charge < -0.3 is 15.2 Å². The number of carbonyl (C=O) groups excluding carboxylic acids is 1. The molecule has 0 spiro atoms. The van der Waals surface area contributed by atoms with Crippen LogP contribution in [-0.2, 0) is 17.9 Å². The molecule has 2 N–H and O–H groups in total. The summed E-state index contributed by atoms with van der Waals surface area (Å²) >= 11 is 0. The van der Waals surface area contributed by atoms with Crippen LogP contribution in [-0.4, -0.2) is 23.1 Å². The average Bonchev–Trinajstić information content (AvgIpc) is 3.27. The van der Waals surface area contributed by atoms with Crippen molar-refractivity contribution in [2.45, 2.75) is 45.3 Å². The molecule has 4 heteroatoms. The van der Waals surface area contributed by atoms with Gasteiger partial charge in [-0.25, -0.2) is 0 Å². The van der Waals surface area contributed by atoms with E-state index in [2.05, 4.69) is 46.5 Å². The average molecular weight is 285 g/mol. The van der Waals surface area contributed by atoms with E-state index in [0.717, 1.165) is 25.0 Å². The second-order valence-electron chi connectivity index (χ2n) is 5.80. The van der Waals surface area contributed by atoms with Gasteiger partial charge in [0.05, 0.1) is 0 Å². The topological polar surface area (TPSA) is 46.1 Å². The van der Waals surface area contributed by atoms with E-state index in [1.807, 2.05) is 6.07 Å². The number of aromatic nitrogens is 1. The predicted molar refractivity (Wildman–Crippen MR) is 85.1 cm³/mol. The minimum Gasteiger partial charge on any atom is -0.355 e. The number of amides is 1. The molecular weight excluding hydrogens is 262 g/mol. The Bertz CT molecular complexity index is 628. The van der Waals surface area contributed by atoms with Crippen molar-refractivity contribution in [1.29, 1.82) is 0 Å². The fraction of sp³-hybridized carbons (Fsp3) is 0.471. The first kappa shape index (κ1) is 14.1. The van der Waals surface area contributed by atoms with Crippen molar-refractivity contribution in [2.75, 3.05) is 6.54 Å². The van der Waals surface area contributed by atoms with Crippen LogP contribution in [0.4, 0.5) is 0 Å². The Morgan fingerprint density at radius 3 is 2.90 bits per heavy atom. The number of fused-ring (bicyclic) bond motifs is 1.